The van der Waals surface area contributed by atoms with E-state index in [0.717, 1.165) is 55.4 Å². The molecule has 27 heavy (non-hydrogen) atoms. The van der Waals surface area contributed by atoms with Gasteiger partial charge in [-0.1, -0.05) is 42.8 Å². The third kappa shape index (κ3) is 5.31. The molecule has 3 N–H and O–H groups in total. The van der Waals surface area contributed by atoms with Gasteiger partial charge >= 0.3 is 5.97 Å². The first kappa shape index (κ1) is 19.4. The first-order chi connectivity index (χ1) is 13.2. The molecule has 148 valence electrons. The first-order valence-corrected chi connectivity index (χ1v) is 9.50. The van der Waals surface area contributed by atoms with Crippen molar-refractivity contribution in [3.8, 4) is 0 Å². The van der Waals surface area contributed by atoms with Crippen molar-refractivity contribution in [3.63, 3.8) is 0 Å². The van der Waals surface area contributed by atoms with Crippen molar-refractivity contribution in [2.24, 2.45) is 16.3 Å². The third-order valence-electron chi connectivity index (χ3n) is 5.44. The van der Waals surface area contributed by atoms with Crippen LogP contribution < -0.4 is 5.73 Å². The van der Waals surface area contributed by atoms with E-state index in [1.165, 1.54) is 13.8 Å². The lowest BCUT2D eigenvalue weighted by atomic mass is 9.67. The second-order valence-corrected chi connectivity index (χ2v) is 7.88. The highest BCUT2D eigenvalue weighted by atomic mass is 16.7. The number of carbonyl (C=O) groups excluding carboxylic acids is 1. The van der Waals surface area contributed by atoms with Crippen molar-refractivity contribution in [2.75, 3.05) is 0 Å². The van der Waals surface area contributed by atoms with E-state index in [9.17, 15) is 14.7 Å². The van der Waals surface area contributed by atoms with Gasteiger partial charge in [0.05, 0.1) is 12.1 Å². The van der Waals surface area contributed by atoms with E-state index in [1.807, 2.05) is 30.0 Å². The third-order valence-corrected chi connectivity index (χ3v) is 5.44. The van der Waals surface area contributed by atoms with Crippen molar-refractivity contribution in [1.82, 2.24) is 0 Å². The van der Waals surface area contributed by atoms with Crippen LogP contribution in [0.15, 0.2) is 29.4 Å². The molecule has 6 nitrogen and oxygen atoms in total. The molecule has 2 rings (SSSR count). The first-order valence-electron chi connectivity index (χ1n) is 10.00. The molecule has 1 aliphatic rings. The fourth-order valence-electron chi connectivity index (χ4n) is 3.56. The summed E-state index contributed by atoms with van der Waals surface area (Å²) in [5.74, 6) is -1.38. The Bertz CT molecular complexity index is 730. The van der Waals surface area contributed by atoms with Crippen LogP contribution in [0.1, 0.15) is 64.0 Å². The Labute approximate surface area is 162 Å². The average Bonchev–Trinajstić information content (AvgIpc) is 2.68. The predicted octanol–water partition coefficient (Wildman–Crippen LogP) is 3.46. The zero-order valence-electron chi connectivity index (χ0n) is 17.4. The molecule has 0 aromatic heterocycles. The number of carboxylic acids is 1. The van der Waals surface area contributed by atoms with E-state index < -0.39 is 11.6 Å². The number of primary amides is 1. The number of hydrogen-bond acceptors (Lipinski definition) is 4. The molecule has 1 aliphatic carbocycles. The Morgan fingerprint density at radius 1 is 1.30 bits per heavy atom. The topological polar surface area (TPSA) is 102 Å². The van der Waals surface area contributed by atoms with Gasteiger partial charge in [0.25, 0.3) is 0 Å². The molecular formula is C21H30N2O4. The molecule has 0 bridgehead atoms. The number of benzene rings is 1. The van der Waals surface area contributed by atoms with E-state index in [-0.39, 0.29) is 17.7 Å². The van der Waals surface area contributed by atoms with E-state index in [1.54, 1.807) is 0 Å². The molecule has 1 atom stereocenters. The van der Waals surface area contributed by atoms with Gasteiger partial charge in [-0.25, -0.2) is 4.79 Å². The number of carbonyl (C=O) groups is 2. The summed E-state index contributed by atoms with van der Waals surface area (Å²) in [7, 11) is 0. The summed E-state index contributed by atoms with van der Waals surface area (Å²) in [6.45, 7) is 5.14. The Morgan fingerprint density at radius 3 is 2.56 bits per heavy atom. The number of aliphatic carboxylic acids is 1. The molecule has 6 heteroatoms. The number of carboxylic acid groups (broad SMARTS) is 1. The number of rotatable bonds is 8. The second-order valence-electron chi connectivity index (χ2n) is 7.88. The largest absolute Gasteiger partial charge is 0.478 e. The monoisotopic (exact) mass is 375 g/mol. The van der Waals surface area contributed by atoms with Crippen LogP contribution in [0.5, 0.6) is 0 Å². The number of amides is 1. The minimum absolute atomic E-state index is 0.146. The highest BCUT2D eigenvalue weighted by molar-refractivity contribution is 5.91. The van der Waals surface area contributed by atoms with Crippen LogP contribution in [0, 0.1) is 5.41 Å². The van der Waals surface area contributed by atoms with Crippen LogP contribution in [-0.4, -0.2) is 28.3 Å². The van der Waals surface area contributed by atoms with Crippen molar-refractivity contribution < 1.29 is 20.9 Å². The quantitative estimate of drug-likeness (QED) is 0.679. The summed E-state index contributed by atoms with van der Waals surface area (Å²) in [5.41, 5.74) is 3.33. The number of nitrogens with two attached hydrogens (primary N) is 1. The van der Waals surface area contributed by atoms with Gasteiger partial charge in [0.2, 0.25) is 11.5 Å². The molecule has 0 radical (unpaired) electrons. The predicted molar refractivity (Wildman–Crippen MR) is 104 cm³/mol. The molecule has 1 aromatic rings. The molecule has 0 heterocycles. The Morgan fingerprint density at radius 2 is 1.96 bits per heavy atom. The van der Waals surface area contributed by atoms with Gasteiger partial charge in [0, 0.05) is 5.41 Å². The lowest BCUT2D eigenvalue weighted by Crippen LogP contribution is -2.38. The van der Waals surface area contributed by atoms with Gasteiger partial charge in [0.15, 0.2) is 1.41 Å². The molecule has 0 aliphatic heterocycles. The number of hydrogen-bond donors (Lipinski definition) is 2. The van der Waals surface area contributed by atoms with Gasteiger partial charge in [-0.15, -0.1) is 0 Å². The highest BCUT2D eigenvalue weighted by Gasteiger charge is 2.38. The van der Waals surface area contributed by atoms with Crippen LogP contribution in [0.4, 0.5) is 0 Å². The molecule has 1 saturated carbocycles. The average molecular weight is 375 g/mol. The maximum atomic E-state index is 11.4. The molecule has 0 spiro atoms. The fourth-order valence-corrected chi connectivity index (χ4v) is 3.56. The van der Waals surface area contributed by atoms with Crippen molar-refractivity contribution >= 4 is 17.6 Å². The van der Waals surface area contributed by atoms with Crippen LogP contribution in [0.25, 0.3) is 0 Å². The SMILES string of the molecule is [2H]NC(=O)Cc1ccc(CC2(CC)CCCC/C2=N\OC(C)(C)C(=O)O)cc1. The van der Waals surface area contributed by atoms with Gasteiger partial charge in [-0.05, 0) is 57.1 Å². The summed E-state index contributed by atoms with van der Waals surface area (Å²) >= 11 is 0. The summed E-state index contributed by atoms with van der Waals surface area (Å²) in [4.78, 5) is 28.1. The van der Waals surface area contributed by atoms with Crippen molar-refractivity contribution in [1.29, 1.82) is 0 Å². The molecule has 1 fully saturated rings. The van der Waals surface area contributed by atoms with Crippen molar-refractivity contribution in [3.05, 3.63) is 35.4 Å². The Hall–Kier alpha value is -2.37. The summed E-state index contributed by atoms with van der Waals surface area (Å²) in [6, 6.07) is 7.85. The lowest BCUT2D eigenvalue weighted by molar-refractivity contribution is -0.161. The second kappa shape index (κ2) is 8.55. The van der Waals surface area contributed by atoms with Crippen LogP contribution in [-0.2, 0) is 27.3 Å². The van der Waals surface area contributed by atoms with E-state index in [4.69, 9.17) is 6.25 Å². The maximum absolute atomic E-state index is 11.4. The van der Waals surface area contributed by atoms with E-state index in [0.29, 0.717) is 0 Å². The number of nitrogens with zero attached hydrogens (tertiary/aromatic N) is 1. The smallest absolute Gasteiger partial charge is 0.350 e. The molecular weight excluding hydrogens is 344 g/mol. The van der Waals surface area contributed by atoms with Crippen molar-refractivity contribution in [2.45, 2.75) is 71.3 Å². The maximum Gasteiger partial charge on any atom is 0.350 e. The molecule has 1 aromatic carbocycles. The van der Waals surface area contributed by atoms with E-state index >= 15 is 0 Å². The molecule has 1 amide bonds. The Kier molecular flexibility index (Phi) is 6.14. The summed E-state index contributed by atoms with van der Waals surface area (Å²) < 4.78 is 6.89. The standard InChI is InChI=1S/C21H30N2O4/c1-4-21(14-16-10-8-15(9-11-16)13-18(22)24)12-6-5-7-17(21)23-27-20(2,3)19(25)26/h8-11H,4-7,12-14H2,1-3H3,(H2,22,24)(H,25,26)/b23-17+/i/hD. The summed E-state index contributed by atoms with van der Waals surface area (Å²) in [5, 5.41) is 13.6. The molecule has 1 unspecified atom stereocenters. The zero-order chi connectivity index (χ0) is 20.8. The Balaban J connectivity index is 2.20. The number of oxime groups is 1. The normalized spacial score (nSPS) is 22.2. The fraction of sp³-hybridized carbons (Fsp3) is 0.571. The molecule has 0 saturated heterocycles. The van der Waals surface area contributed by atoms with Gasteiger partial charge in [-0.3, -0.25) is 4.79 Å². The highest BCUT2D eigenvalue weighted by Crippen LogP contribution is 2.40. The zero-order valence-corrected chi connectivity index (χ0v) is 16.4. The van der Waals surface area contributed by atoms with Crippen LogP contribution >= 0.6 is 0 Å². The van der Waals surface area contributed by atoms with Crippen LogP contribution in [0.2, 0.25) is 1.41 Å². The van der Waals surface area contributed by atoms with Gasteiger partial charge in [0.1, 0.15) is 0 Å². The van der Waals surface area contributed by atoms with Crippen LogP contribution in [0.3, 0.4) is 0 Å². The lowest BCUT2D eigenvalue weighted by Gasteiger charge is -2.38. The van der Waals surface area contributed by atoms with Gasteiger partial charge < -0.3 is 15.7 Å². The summed E-state index contributed by atoms with van der Waals surface area (Å²) in [6.07, 6.45) is 5.81. The van der Waals surface area contributed by atoms with E-state index in [2.05, 4.69) is 12.1 Å². The minimum Gasteiger partial charge on any atom is -0.478 e. The van der Waals surface area contributed by atoms with Gasteiger partial charge in [-0.2, -0.15) is 0 Å². The minimum atomic E-state index is -1.36.